The fourth-order valence-corrected chi connectivity index (χ4v) is 5.58. The predicted octanol–water partition coefficient (Wildman–Crippen LogP) is 2.11. The summed E-state index contributed by atoms with van der Waals surface area (Å²) in [6.07, 6.45) is 0.614. The molecule has 0 aromatic heterocycles. The Bertz CT molecular complexity index is 1030. The maximum absolute atomic E-state index is 14.7. The summed E-state index contributed by atoms with van der Waals surface area (Å²) in [5, 5.41) is 6.48. The number of methoxy groups -OCH3 is 1. The molecule has 3 aliphatic rings. The molecule has 0 saturated carbocycles. The zero-order valence-corrected chi connectivity index (χ0v) is 20.4. The third-order valence-corrected chi connectivity index (χ3v) is 7.64. The molecule has 0 spiro atoms. The van der Waals surface area contributed by atoms with Crippen LogP contribution < -0.4 is 31.1 Å². The van der Waals surface area contributed by atoms with Crippen molar-refractivity contribution in [2.75, 3.05) is 56.6 Å². The first-order chi connectivity index (χ1) is 17.1. The van der Waals surface area contributed by atoms with Gasteiger partial charge >= 0.3 is 0 Å². The smallest absolute Gasteiger partial charge is 0.243 e. The minimum atomic E-state index is -0.413. The normalized spacial score (nSPS) is 26.9. The van der Waals surface area contributed by atoms with Gasteiger partial charge in [-0.2, -0.15) is 0 Å². The fraction of sp³-hybridized carbons (Fsp3) is 0.500. The van der Waals surface area contributed by atoms with Crippen LogP contribution in [0, 0.1) is 11.7 Å². The quantitative estimate of drug-likeness (QED) is 0.502. The first kappa shape index (κ1) is 24.0. The van der Waals surface area contributed by atoms with Gasteiger partial charge < -0.3 is 25.2 Å². The molecule has 0 aliphatic carbocycles. The van der Waals surface area contributed by atoms with Crippen LogP contribution in [-0.4, -0.2) is 69.3 Å². The summed E-state index contributed by atoms with van der Waals surface area (Å²) in [6, 6.07) is 12.4. The van der Waals surface area contributed by atoms with Crippen molar-refractivity contribution in [2.24, 2.45) is 5.92 Å². The number of nitrogens with one attached hydrogen (secondary N) is 4. The van der Waals surface area contributed by atoms with Crippen molar-refractivity contribution < 1.29 is 13.9 Å². The number of halogens is 1. The van der Waals surface area contributed by atoms with E-state index in [1.54, 1.807) is 19.2 Å². The topological polar surface area (TPSA) is 80.9 Å². The number of anilines is 2. The van der Waals surface area contributed by atoms with Crippen LogP contribution in [0.5, 0.6) is 5.75 Å². The van der Waals surface area contributed by atoms with Crippen molar-refractivity contribution in [3.63, 3.8) is 0 Å². The van der Waals surface area contributed by atoms with Gasteiger partial charge in [0, 0.05) is 67.7 Å². The Kier molecular flexibility index (Phi) is 7.19. The van der Waals surface area contributed by atoms with Gasteiger partial charge in [-0.15, -0.1) is 0 Å². The Labute approximate surface area is 206 Å². The number of hydrogen-bond donors (Lipinski definition) is 4. The first-order valence-electron chi connectivity index (χ1n) is 12.5. The average molecular weight is 483 g/mol. The van der Waals surface area contributed by atoms with Crippen LogP contribution in [0.1, 0.15) is 24.9 Å². The van der Waals surface area contributed by atoms with Gasteiger partial charge in [0.05, 0.1) is 7.11 Å². The SMILES string of the molecule is CCN1CCN(c2ccc(NC(=O)C3NNC4CNC(c5c(F)cccc5OC)CC43)cc2)CC1. The van der Waals surface area contributed by atoms with E-state index in [9.17, 15) is 9.18 Å². The van der Waals surface area contributed by atoms with Gasteiger partial charge in [-0.25, -0.2) is 9.82 Å². The Morgan fingerprint density at radius 1 is 1.11 bits per heavy atom. The van der Waals surface area contributed by atoms with Gasteiger partial charge in [-0.05, 0) is 49.4 Å². The third kappa shape index (κ3) is 4.99. The number of likely N-dealkylation sites (N-methyl/N-ethyl adjacent to an activating group) is 1. The molecule has 4 unspecified atom stereocenters. The number of ether oxygens (including phenoxy) is 1. The van der Waals surface area contributed by atoms with Crippen molar-refractivity contribution >= 4 is 17.3 Å². The van der Waals surface area contributed by atoms with Gasteiger partial charge in [0.25, 0.3) is 0 Å². The lowest BCUT2D eigenvalue weighted by Gasteiger charge is -2.35. The van der Waals surface area contributed by atoms with E-state index in [2.05, 4.69) is 50.3 Å². The van der Waals surface area contributed by atoms with Gasteiger partial charge in [0.2, 0.25) is 5.91 Å². The van der Waals surface area contributed by atoms with Crippen molar-refractivity contribution in [1.82, 2.24) is 21.1 Å². The van der Waals surface area contributed by atoms with Gasteiger partial charge in [0.1, 0.15) is 17.6 Å². The van der Waals surface area contributed by atoms with Gasteiger partial charge in [0.15, 0.2) is 0 Å². The predicted molar refractivity (Wildman–Crippen MR) is 135 cm³/mol. The Morgan fingerprint density at radius 2 is 1.89 bits per heavy atom. The molecule has 35 heavy (non-hydrogen) atoms. The highest BCUT2D eigenvalue weighted by Crippen LogP contribution is 2.37. The monoisotopic (exact) mass is 482 g/mol. The summed E-state index contributed by atoms with van der Waals surface area (Å²) >= 11 is 0. The molecular formula is C26H35FN6O2. The number of carbonyl (C=O) groups excluding carboxylic acids is 1. The number of rotatable bonds is 6. The largest absolute Gasteiger partial charge is 0.496 e. The average Bonchev–Trinajstić information content (AvgIpc) is 3.32. The first-order valence-corrected chi connectivity index (χ1v) is 12.5. The van der Waals surface area contributed by atoms with E-state index in [0.717, 1.165) is 38.4 Å². The summed E-state index contributed by atoms with van der Waals surface area (Å²) in [5.41, 5.74) is 8.89. The third-order valence-electron chi connectivity index (χ3n) is 7.64. The van der Waals surface area contributed by atoms with E-state index < -0.39 is 6.04 Å². The van der Waals surface area contributed by atoms with Crippen molar-refractivity contribution in [3.05, 3.63) is 53.8 Å². The minimum Gasteiger partial charge on any atom is -0.496 e. The minimum absolute atomic E-state index is 0.0136. The maximum atomic E-state index is 14.7. The molecule has 3 heterocycles. The number of amides is 1. The van der Waals surface area contributed by atoms with Crippen LogP contribution >= 0.6 is 0 Å². The summed E-state index contributed by atoms with van der Waals surface area (Å²) in [5.74, 6) is 0.156. The van der Waals surface area contributed by atoms with E-state index in [0.29, 0.717) is 24.3 Å². The Morgan fingerprint density at radius 3 is 2.60 bits per heavy atom. The molecule has 4 N–H and O–H groups in total. The second-order valence-corrected chi connectivity index (χ2v) is 9.55. The molecule has 0 radical (unpaired) electrons. The fourth-order valence-electron chi connectivity index (χ4n) is 5.58. The van der Waals surface area contributed by atoms with Crippen LogP contribution in [0.2, 0.25) is 0 Å². The summed E-state index contributed by atoms with van der Waals surface area (Å²) in [6.45, 7) is 8.10. The zero-order chi connectivity index (χ0) is 24.4. The van der Waals surface area contributed by atoms with Crippen molar-refractivity contribution in [1.29, 1.82) is 0 Å². The molecule has 2 aromatic rings. The molecular weight excluding hydrogens is 447 g/mol. The van der Waals surface area contributed by atoms with Crippen molar-refractivity contribution in [2.45, 2.75) is 31.5 Å². The second kappa shape index (κ2) is 10.5. The molecule has 8 nitrogen and oxygen atoms in total. The molecule has 3 aliphatic heterocycles. The Hall–Kier alpha value is -2.72. The molecule has 1 amide bonds. The maximum Gasteiger partial charge on any atom is 0.243 e. The standard InChI is InChI=1S/C26H35FN6O2/c1-3-32-11-13-33(14-12-32)18-9-7-17(8-10-18)29-26(34)25-19-15-21(28-16-22(19)30-31-25)24-20(27)5-4-6-23(24)35-2/h4-10,19,21-22,25,28,30-31H,3,11-16H2,1-2H3,(H,29,34). The summed E-state index contributed by atoms with van der Waals surface area (Å²) in [4.78, 5) is 18.0. The van der Waals surface area contributed by atoms with Crippen LogP contribution in [0.25, 0.3) is 0 Å². The van der Waals surface area contributed by atoms with E-state index in [1.165, 1.54) is 11.8 Å². The van der Waals surface area contributed by atoms with Crippen LogP contribution in [0.15, 0.2) is 42.5 Å². The lowest BCUT2D eigenvalue weighted by molar-refractivity contribution is -0.119. The molecule has 5 rings (SSSR count). The number of fused-ring (bicyclic) bond motifs is 1. The Balaban J connectivity index is 1.23. The molecule has 3 fully saturated rings. The van der Waals surface area contributed by atoms with Crippen LogP contribution in [0.4, 0.5) is 15.8 Å². The molecule has 188 valence electrons. The van der Waals surface area contributed by atoms with Gasteiger partial charge in [-0.1, -0.05) is 13.0 Å². The summed E-state index contributed by atoms with van der Waals surface area (Å²) < 4.78 is 20.1. The highest BCUT2D eigenvalue weighted by Gasteiger charge is 2.44. The van der Waals surface area contributed by atoms with E-state index in [1.807, 2.05) is 12.1 Å². The molecule has 4 atom stereocenters. The molecule has 0 bridgehead atoms. The second-order valence-electron chi connectivity index (χ2n) is 9.55. The van der Waals surface area contributed by atoms with Crippen LogP contribution in [0.3, 0.4) is 0 Å². The van der Waals surface area contributed by atoms with E-state index >= 15 is 0 Å². The van der Waals surface area contributed by atoms with Gasteiger partial charge in [-0.3, -0.25) is 10.2 Å². The molecule has 3 saturated heterocycles. The van der Waals surface area contributed by atoms with E-state index in [4.69, 9.17) is 4.74 Å². The lowest BCUT2D eigenvalue weighted by Crippen LogP contribution is -2.48. The van der Waals surface area contributed by atoms with Crippen molar-refractivity contribution in [3.8, 4) is 5.75 Å². The lowest BCUT2D eigenvalue weighted by atomic mass is 9.81. The number of nitrogens with zero attached hydrogens (tertiary/aromatic N) is 2. The number of carbonyl (C=O) groups is 1. The number of hydrogen-bond acceptors (Lipinski definition) is 7. The molecule has 2 aromatic carbocycles. The summed E-state index contributed by atoms with van der Waals surface area (Å²) in [7, 11) is 1.55. The number of piperidine rings is 1. The number of piperazine rings is 1. The number of benzene rings is 2. The van der Waals surface area contributed by atoms with E-state index in [-0.39, 0.29) is 29.7 Å². The zero-order valence-electron chi connectivity index (χ0n) is 20.4. The van der Waals surface area contributed by atoms with Crippen LogP contribution in [-0.2, 0) is 4.79 Å². The highest BCUT2D eigenvalue weighted by atomic mass is 19.1. The number of hydrazine groups is 1. The molecule has 9 heteroatoms. The highest BCUT2D eigenvalue weighted by molar-refractivity contribution is 5.95.